The summed E-state index contributed by atoms with van der Waals surface area (Å²) in [6, 6.07) is 7.67. The largest absolute Gasteiger partial charge is 0.480 e. The first kappa shape index (κ1) is 24.2. The Kier molecular flexibility index (Phi) is 11.1. The number of carboxylic acids is 2. The number of rotatable bonds is 10. The van der Waals surface area contributed by atoms with Crippen LogP contribution >= 0.6 is 0 Å². The summed E-state index contributed by atoms with van der Waals surface area (Å²) in [7, 11) is 0. The van der Waals surface area contributed by atoms with Gasteiger partial charge in [-0.15, -0.1) is 0 Å². The number of carboxylic acid groups (broad SMARTS) is 2. The average molecular weight is 402 g/mol. The fourth-order valence-electron chi connectivity index (χ4n) is 2.47. The fraction of sp³-hybridized carbons (Fsp3) is 0.429. The van der Waals surface area contributed by atoms with E-state index < -0.39 is 24.0 Å². The second kappa shape index (κ2) is 13.4. The van der Waals surface area contributed by atoms with Crippen LogP contribution in [0, 0.1) is 0 Å². The minimum atomic E-state index is -1.01. The van der Waals surface area contributed by atoms with Gasteiger partial charge < -0.3 is 21.7 Å². The third-order valence-electron chi connectivity index (χ3n) is 4.21. The van der Waals surface area contributed by atoms with Gasteiger partial charge in [0, 0.05) is 12.4 Å². The third-order valence-corrected chi connectivity index (χ3v) is 4.21. The highest BCUT2D eigenvalue weighted by atomic mass is 16.4. The monoisotopic (exact) mass is 402 g/mol. The van der Waals surface area contributed by atoms with Crippen molar-refractivity contribution in [2.45, 2.75) is 57.5 Å². The van der Waals surface area contributed by atoms with Crippen LogP contribution in [0.1, 0.15) is 44.6 Å². The minimum absolute atomic E-state index is 0.269. The van der Waals surface area contributed by atoms with Gasteiger partial charge in [0.15, 0.2) is 0 Å². The molecule has 0 saturated carbocycles. The van der Waals surface area contributed by atoms with Crippen LogP contribution in [0.25, 0.3) is 11.4 Å². The molecule has 2 aromatic heterocycles. The molecule has 0 aliphatic carbocycles. The lowest BCUT2D eigenvalue weighted by molar-refractivity contribution is -0.139. The molecule has 2 atom stereocenters. The molecule has 29 heavy (non-hydrogen) atoms. The molecule has 0 spiro atoms. The first-order chi connectivity index (χ1) is 13.8. The van der Waals surface area contributed by atoms with E-state index in [1.54, 1.807) is 12.4 Å². The summed E-state index contributed by atoms with van der Waals surface area (Å²) in [6.07, 6.45) is 8.58. The van der Waals surface area contributed by atoms with Crippen LogP contribution in [0.15, 0.2) is 42.7 Å². The highest BCUT2D eigenvalue weighted by Gasteiger charge is 2.12. The topological polar surface area (TPSA) is 152 Å². The Balaban J connectivity index is 0.000000331. The van der Waals surface area contributed by atoms with Crippen molar-refractivity contribution in [1.82, 2.24) is 9.97 Å². The number of unbranched alkanes of at least 4 members (excludes halogenated alkanes) is 3. The van der Waals surface area contributed by atoms with Crippen LogP contribution in [0.4, 0.5) is 0 Å². The summed E-state index contributed by atoms with van der Waals surface area (Å²) in [5.41, 5.74) is 13.1. The summed E-state index contributed by atoms with van der Waals surface area (Å²) in [4.78, 5) is 29.3. The maximum Gasteiger partial charge on any atom is 0.320 e. The van der Waals surface area contributed by atoms with Gasteiger partial charge in [-0.25, -0.2) is 0 Å². The number of aromatic nitrogens is 2. The summed E-state index contributed by atoms with van der Waals surface area (Å²) in [5, 5.41) is 17.1. The first-order valence-corrected chi connectivity index (χ1v) is 9.68. The van der Waals surface area contributed by atoms with Crippen molar-refractivity contribution in [3.05, 3.63) is 48.3 Å². The molecule has 0 aromatic carbocycles. The number of aliphatic carboxylic acids is 2. The van der Waals surface area contributed by atoms with E-state index in [-0.39, 0.29) is 6.42 Å². The van der Waals surface area contributed by atoms with E-state index in [1.165, 1.54) is 12.8 Å². The van der Waals surface area contributed by atoms with Crippen LogP contribution in [0.2, 0.25) is 0 Å². The maximum atomic E-state index is 10.6. The van der Waals surface area contributed by atoms with Crippen molar-refractivity contribution < 1.29 is 19.8 Å². The van der Waals surface area contributed by atoms with E-state index >= 15 is 0 Å². The zero-order valence-electron chi connectivity index (χ0n) is 16.7. The molecular formula is C21H30N4O4. The quantitative estimate of drug-likeness (QED) is 0.442. The fourth-order valence-corrected chi connectivity index (χ4v) is 2.47. The summed E-state index contributed by atoms with van der Waals surface area (Å²) < 4.78 is 0. The summed E-state index contributed by atoms with van der Waals surface area (Å²) in [6.45, 7) is 2.12. The van der Waals surface area contributed by atoms with Gasteiger partial charge in [0.05, 0.1) is 11.4 Å². The van der Waals surface area contributed by atoms with E-state index in [2.05, 4.69) is 16.9 Å². The Morgan fingerprint density at radius 1 is 0.931 bits per heavy atom. The third kappa shape index (κ3) is 9.77. The number of pyridine rings is 2. The molecule has 2 rings (SSSR count). The van der Waals surface area contributed by atoms with Gasteiger partial charge in [-0.1, -0.05) is 44.7 Å². The molecule has 0 aliphatic heterocycles. The van der Waals surface area contributed by atoms with E-state index in [0.717, 1.165) is 29.8 Å². The molecule has 158 valence electrons. The van der Waals surface area contributed by atoms with Gasteiger partial charge in [-0.3, -0.25) is 19.6 Å². The molecular weight excluding hydrogens is 372 g/mol. The highest BCUT2D eigenvalue weighted by molar-refractivity contribution is 5.73. The molecule has 0 amide bonds. The van der Waals surface area contributed by atoms with Crippen molar-refractivity contribution >= 4 is 11.9 Å². The molecule has 0 aliphatic rings. The standard InChI is InChI=1S/C13H13N3O2.C8H17NO2/c14-10(13(17)18)7-9-4-5-12(16-8-9)11-3-1-2-6-15-11;1-2-3-4-5-6-7(9)8(10)11/h1-6,8,10H,7,14H2,(H,17,18);7H,2-6,9H2,1H3,(H,10,11). The zero-order chi connectivity index (χ0) is 21.6. The van der Waals surface area contributed by atoms with Crippen LogP contribution < -0.4 is 11.5 Å². The Morgan fingerprint density at radius 3 is 2.14 bits per heavy atom. The summed E-state index contributed by atoms with van der Waals surface area (Å²) in [5.74, 6) is -1.90. The van der Waals surface area contributed by atoms with Gasteiger partial charge in [0.25, 0.3) is 0 Å². The number of nitrogens with zero attached hydrogens (tertiary/aromatic N) is 2. The zero-order valence-corrected chi connectivity index (χ0v) is 16.7. The second-order valence-electron chi connectivity index (χ2n) is 6.71. The van der Waals surface area contributed by atoms with Crippen molar-refractivity contribution in [2.75, 3.05) is 0 Å². The average Bonchev–Trinajstić information content (AvgIpc) is 2.72. The normalized spacial score (nSPS) is 12.4. The Hall–Kier alpha value is -2.84. The smallest absolute Gasteiger partial charge is 0.320 e. The molecule has 2 heterocycles. The van der Waals surface area contributed by atoms with Crippen molar-refractivity contribution in [3.8, 4) is 11.4 Å². The van der Waals surface area contributed by atoms with Gasteiger partial charge in [0.2, 0.25) is 0 Å². The van der Waals surface area contributed by atoms with E-state index in [0.29, 0.717) is 6.42 Å². The number of carbonyl (C=O) groups is 2. The van der Waals surface area contributed by atoms with Gasteiger partial charge in [-0.05, 0) is 36.6 Å². The predicted molar refractivity (Wildman–Crippen MR) is 111 cm³/mol. The van der Waals surface area contributed by atoms with Crippen molar-refractivity contribution in [3.63, 3.8) is 0 Å². The molecule has 0 saturated heterocycles. The molecule has 2 unspecified atom stereocenters. The lowest BCUT2D eigenvalue weighted by Gasteiger charge is -2.06. The van der Waals surface area contributed by atoms with Crippen LogP contribution in [0.3, 0.4) is 0 Å². The second-order valence-corrected chi connectivity index (χ2v) is 6.71. The highest BCUT2D eigenvalue weighted by Crippen LogP contribution is 2.14. The number of hydrogen-bond acceptors (Lipinski definition) is 6. The Morgan fingerprint density at radius 2 is 1.62 bits per heavy atom. The summed E-state index contributed by atoms with van der Waals surface area (Å²) >= 11 is 0. The van der Waals surface area contributed by atoms with Gasteiger partial charge in [-0.2, -0.15) is 0 Å². The molecule has 6 N–H and O–H groups in total. The van der Waals surface area contributed by atoms with Crippen LogP contribution in [-0.2, 0) is 16.0 Å². The maximum absolute atomic E-state index is 10.6. The molecule has 2 aromatic rings. The number of nitrogens with two attached hydrogens (primary N) is 2. The van der Waals surface area contributed by atoms with Gasteiger partial charge in [0.1, 0.15) is 12.1 Å². The molecule has 0 bridgehead atoms. The molecule has 0 radical (unpaired) electrons. The van der Waals surface area contributed by atoms with E-state index in [1.807, 2.05) is 30.3 Å². The predicted octanol–water partition coefficient (Wildman–Crippen LogP) is 2.47. The molecule has 8 nitrogen and oxygen atoms in total. The van der Waals surface area contributed by atoms with E-state index in [9.17, 15) is 9.59 Å². The minimum Gasteiger partial charge on any atom is -0.480 e. The van der Waals surface area contributed by atoms with Crippen LogP contribution in [0.5, 0.6) is 0 Å². The van der Waals surface area contributed by atoms with E-state index in [4.69, 9.17) is 21.7 Å². The Labute approximate surface area is 171 Å². The van der Waals surface area contributed by atoms with Crippen molar-refractivity contribution in [1.29, 1.82) is 0 Å². The van der Waals surface area contributed by atoms with Gasteiger partial charge >= 0.3 is 11.9 Å². The first-order valence-electron chi connectivity index (χ1n) is 9.68. The molecule has 0 fully saturated rings. The van der Waals surface area contributed by atoms with Crippen molar-refractivity contribution in [2.24, 2.45) is 11.5 Å². The number of hydrogen-bond donors (Lipinski definition) is 4. The lowest BCUT2D eigenvalue weighted by Crippen LogP contribution is -2.32. The SMILES string of the molecule is CCCCCCC(N)C(=O)O.NC(Cc1ccc(-c2ccccn2)nc1)C(=O)O. The Bertz CT molecular complexity index is 738. The van der Waals surface area contributed by atoms with Crippen LogP contribution in [-0.4, -0.2) is 44.2 Å². The lowest BCUT2D eigenvalue weighted by atomic mass is 10.1. The molecule has 8 heteroatoms.